The fourth-order valence-electron chi connectivity index (χ4n) is 3.90. The monoisotopic (exact) mass is 415 g/mol. The van der Waals surface area contributed by atoms with E-state index in [2.05, 4.69) is 56.0 Å². The molecule has 0 atom stereocenters. The minimum atomic E-state index is 0.618. The molecule has 2 aliphatic heterocycles. The quantitative estimate of drug-likeness (QED) is 0.435. The predicted octanol–water partition coefficient (Wildman–Crippen LogP) is 3.14. The second-order valence-corrected chi connectivity index (χ2v) is 7.57. The van der Waals surface area contributed by atoms with Crippen LogP contribution in [0.25, 0.3) is 11.3 Å². The van der Waals surface area contributed by atoms with E-state index in [1.165, 1.54) is 11.3 Å². The van der Waals surface area contributed by atoms with E-state index in [1.807, 2.05) is 18.3 Å². The number of anilines is 4. The first-order valence-electron chi connectivity index (χ1n) is 10.4. The molecule has 1 aromatic carbocycles. The van der Waals surface area contributed by atoms with E-state index in [-0.39, 0.29) is 0 Å². The van der Waals surface area contributed by atoms with Crippen molar-refractivity contribution < 1.29 is 4.74 Å². The fourth-order valence-corrected chi connectivity index (χ4v) is 3.90. The number of rotatable bonds is 5. The molecule has 0 bridgehead atoms. The van der Waals surface area contributed by atoms with Crippen LogP contribution in [0, 0.1) is 0 Å². The van der Waals surface area contributed by atoms with Crippen LogP contribution in [0.2, 0.25) is 0 Å². The van der Waals surface area contributed by atoms with Crippen molar-refractivity contribution in [1.29, 1.82) is 0 Å². The summed E-state index contributed by atoms with van der Waals surface area (Å²) in [7, 11) is 0. The summed E-state index contributed by atoms with van der Waals surface area (Å²) in [5.41, 5.74) is 8.94. The van der Waals surface area contributed by atoms with Gasteiger partial charge in [0.05, 0.1) is 25.5 Å². The first kappa shape index (κ1) is 19.5. The summed E-state index contributed by atoms with van der Waals surface area (Å²) < 4.78 is 5.45. The highest BCUT2D eigenvalue weighted by Crippen LogP contribution is 2.30. The molecule has 3 aromatic rings. The number of nitrogens with zero attached hydrogens (tertiary/aromatic N) is 4. The van der Waals surface area contributed by atoms with Crippen molar-refractivity contribution >= 4 is 29.2 Å². The van der Waals surface area contributed by atoms with Gasteiger partial charge < -0.3 is 20.4 Å². The lowest BCUT2D eigenvalue weighted by atomic mass is 10.0. The number of benzene rings is 1. The largest absolute Gasteiger partial charge is 0.378 e. The van der Waals surface area contributed by atoms with E-state index < -0.39 is 0 Å². The SMILES string of the molecule is NNc1ccc(-c2cc3c(c(Nc4ccc(N5CCOCC5)cc4)n2)CN=CC3)cn1. The second-order valence-electron chi connectivity index (χ2n) is 7.57. The lowest BCUT2D eigenvalue weighted by Gasteiger charge is -2.29. The lowest BCUT2D eigenvalue weighted by molar-refractivity contribution is 0.122. The van der Waals surface area contributed by atoms with Gasteiger partial charge in [-0.2, -0.15) is 0 Å². The number of hydrogen-bond acceptors (Lipinski definition) is 8. The highest BCUT2D eigenvalue weighted by molar-refractivity contribution is 5.74. The van der Waals surface area contributed by atoms with Gasteiger partial charge in [0.1, 0.15) is 11.6 Å². The maximum Gasteiger partial charge on any atom is 0.139 e. The number of aliphatic imine (C=N–C) groups is 1. The van der Waals surface area contributed by atoms with Gasteiger partial charge in [-0.05, 0) is 48.0 Å². The molecule has 2 aromatic heterocycles. The van der Waals surface area contributed by atoms with E-state index in [0.29, 0.717) is 12.4 Å². The van der Waals surface area contributed by atoms with Crippen LogP contribution in [0.5, 0.6) is 0 Å². The minimum absolute atomic E-state index is 0.618. The topological polar surface area (TPSA) is 101 Å². The fraction of sp³-hybridized carbons (Fsp3) is 0.261. The van der Waals surface area contributed by atoms with Gasteiger partial charge in [-0.1, -0.05) is 0 Å². The first-order valence-corrected chi connectivity index (χ1v) is 10.4. The zero-order chi connectivity index (χ0) is 21.0. The molecule has 0 saturated carbocycles. The summed E-state index contributed by atoms with van der Waals surface area (Å²) in [5, 5.41) is 3.51. The maximum atomic E-state index is 5.45. The lowest BCUT2D eigenvalue weighted by Crippen LogP contribution is -2.36. The van der Waals surface area contributed by atoms with Crippen molar-refractivity contribution in [2.24, 2.45) is 10.8 Å². The number of pyridine rings is 2. The molecule has 0 aliphatic carbocycles. The molecule has 1 saturated heterocycles. The third-order valence-electron chi connectivity index (χ3n) is 5.62. The number of fused-ring (bicyclic) bond motifs is 1. The highest BCUT2D eigenvalue weighted by atomic mass is 16.5. The molecule has 1 fully saturated rings. The van der Waals surface area contributed by atoms with Gasteiger partial charge in [0.2, 0.25) is 0 Å². The number of hydrazine groups is 1. The van der Waals surface area contributed by atoms with Crippen molar-refractivity contribution in [2.75, 3.05) is 41.9 Å². The zero-order valence-corrected chi connectivity index (χ0v) is 17.2. The Balaban J connectivity index is 1.43. The van der Waals surface area contributed by atoms with Crippen LogP contribution in [0.1, 0.15) is 11.1 Å². The summed E-state index contributed by atoms with van der Waals surface area (Å²) in [6, 6.07) is 14.4. The van der Waals surface area contributed by atoms with Gasteiger partial charge in [0.25, 0.3) is 0 Å². The predicted molar refractivity (Wildman–Crippen MR) is 124 cm³/mol. The maximum absolute atomic E-state index is 5.45. The number of nitrogens with two attached hydrogens (primary N) is 1. The van der Waals surface area contributed by atoms with Gasteiger partial charge >= 0.3 is 0 Å². The van der Waals surface area contributed by atoms with Crippen LogP contribution in [0.4, 0.5) is 23.0 Å². The number of nitrogens with one attached hydrogen (secondary N) is 2. The van der Waals surface area contributed by atoms with E-state index in [9.17, 15) is 0 Å². The minimum Gasteiger partial charge on any atom is -0.378 e. The summed E-state index contributed by atoms with van der Waals surface area (Å²) in [4.78, 5) is 16.0. The molecule has 0 unspecified atom stereocenters. The first-order chi connectivity index (χ1) is 15.3. The number of ether oxygens (including phenoxy) is 1. The molecular weight excluding hydrogens is 390 g/mol. The summed E-state index contributed by atoms with van der Waals surface area (Å²) in [6.45, 7) is 4.04. The summed E-state index contributed by atoms with van der Waals surface area (Å²) in [6.07, 6.45) is 4.54. The highest BCUT2D eigenvalue weighted by Gasteiger charge is 2.16. The Labute approximate surface area is 181 Å². The van der Waals surface area contributed by atoms with E-state index >= 15 is 0 Å². The molecule has 8 heteroatoms. The molecule has 0 spiro atoms. The standard InChI is InChI=1S/C23H25N7O/c24-29-22-6-1-17(14-26-22)21-13-16-7-8-25-15-20(16)23(28-21)27-18-2-4-19(5-3-18)30-9-11-31-12-10-30/h1-6,8,13-14H,7,9-12,15,24H2,(H,26,29)(H,27,28). The Kier molecular flexibility index (Phi) is 5.47. The number of hydrogen-bond donors (Lipinski definition) is 3. The molecule has 2 aliphatic rings. The summed E-state index contributed by atoms with van der Waals surface area (Å²) >= 11 is 0. The molecule has 158 valence electrons. The van der Waals surface area contributed by atoms with Gasteiger partial charge in [0.15, 0.2) is 0 Å². The van der Waals surface area contributed by atoms with Crippen LogP contribution in [-0.2, 0) is 17.7 Å². The number of aromatic nitrogens is 2. The van der Waals surface area contributed by atoms with Crippen LogP contribution >= 0.6 is 0 Å². The molecule has 31 heavy (non-hydrogen) atoms. The van der Waals surface area contributed by atoms with Gasteiger partial charge in [-0.15, -0.1) is 0 Å². The normalized spacial score (nSPS) is 15.5. The molecule has 4 N–H and O–H groups in total. The molecular formula is C23H25N7O. The Morgan fingerprint density at radius 2 is 1.87 bits per heavy atom. The second kappa shape index (κ2) is 8.71. The van der Waals surface area contributed by atoms with Gasteiger partial charge in [0, 0.05) is 54.4 Å². The number of nitrogen functional groups attached to an aromatic ring is 1. The van der Waals surface area contributed by atoms with Crippen molar-refractivity contribution in [2.45, 2.75) is 13.0 Å². The van der Waals surface area contributed by atoms with Crippen LogP contribution < -0.4 is 21.5 Å². The Morgan fingerprint density at radius 3 is 2.61 bits per heavy atom. The third kappa shape index (κ3) is 4.21. The van der Waals surface area contributed by atoms with Crippen LogP contribution in [0.15, 0.2) is 53.7 Å². The van der Waals surface area contributed by atoms with E-state index in [4.69, 9.17) is 15.6 Å². The van der Waals surface area contributed by atoms with Crippen LogP contribution in [-0.4, -0.2) is 42.5 Å². The Hall–Kier alpha value is -3.49. The third-order valence-corrected chi connectivity index (χ3v) is 5.62. The average molecular weight is 416 g/mol. The summed E-state index contributed by atoms with van der Waals surface area (Å²) in [5.74, 6) is 6.89. The van der Waals surface area contributed by atoms with Gasteiger partial charge in [-0.3, -0.25) is 4.99 Å². The van der Waals surface area contributed by atoms with Crippen molar-refractivity contribution in [3.63, 3.8) is 0 Å². The molecule has 8 nitrogen and oxygen atoms in total. The molecule has 0 amide bonds. The Morgan fingerprint density at radius 1 is 1.03 bits per heavy atom. The Bertz CT molecular complexity index is 1070. The smallest absolute Gasteiger partial charge is 0.139 e. The molecule has 4 heterocycles. The molecule has 5 rings (SSSR count). The average Bonchev–Trinajstić information content (AvgIpc) is 2.85. The van der Waals surface area contributed by atoms with Crippen LogP contribution in [0.3, 0.4) is 0 Å². The van der Waals surface area contributed by atoms with E-state index in [1.54, 1.807) is 6.20 Å². The van der Waals surface area contributed by atoms with E-state index in [0.717, 1.165) is 61.1 Å². The van der Waals surface area contributed by atoms with Crippen molar-refractivity contribution in [3.8, 4) is 11.3 Å². The van der Waals surface area contributed by atoms with Crippen molar-refractivity contribution in [1.82, 2.24) is 9.97 Å². The zero-order valence-electron chi connectivity index (χ0n) is 17.2. The molecule has 0 radical (unpaired) electrons. The number of morpholine rings is 1. The van der Waals surface area contributed by atoms with Crippen molar-refractivity contribution in [3.05, 3.63) is 59.8 Å². The van der Waals surface area contributed by atoms with Gasteiger partial charge in [-0.25, -0.2) is 15.8 Å².